The molecule has 1 N–H and O–H groups in total. The number of nitro benzene ring substituents is 1. The Bertz CT molecular complexity index is 866. The summed E-state index contributed by atoms with van der Waals surface area (Å²) in [7, 11) is 1.56. The number of hydrogen-bond acceptors (Lipinski definition) is 5. The summed E-state index contributed by atoms with van der Waals surface area (Å²) in [6.07, 6.45) is 0.324. The van der Waals surface area contributed by atoms with Crippen molar-refractivity contribution in [2.24, 2.45) is 0 Å². The molecule has 2 aromatic carbocycles. The Morgan fingerprint density at radius 1 is 1.30 bits per heavy atom. The molecule has 140 valence electrons. The number of rotatable bonds is 6. The van der Waals surface area contributed by atoms with Crippen LogP contribution in [0.15, 0.2) is 48.5 Å². The molecule has 0 saturated carbocycles. The van der Waals surface area contributed by atoms with Crippen molar-refractivity contribution in [1.82, 2.24) is 5.32 Å². The minimum Gasteiger partial charge on any atom is -0.497 e. The maximum atomic E-state index is 12.3. The van der Waals surface area contributed by atoms with Gasteiger partial charge in [0.1, 0.15) is 5.75 Å². The van der Waals surface area contributed by atoms with Crippen LogP contribution >= 0.6 is 0 Å². The highest BCUT2D eigenvalue weighted by Gasteiger charge is 2.31. The second-order valence-electron chi connectivity index (χ2n) is 6.27. The average Bonchev–Trinajstić information content (AvgIpc) is 3.02. The van der Waals surface area contributed by atoms with Crippen molar-refractivity contribution in [3.63, 3.8) is 0 Å². The molecule has 1 saturated heterocycles. The number of hydrogen-bond donors (Lipinski definition) is 1. The van der Waals surface area contributed by atoms with Gasteiger partial charge < -0.3 is 15.0 Å². The van der Waals surface area contributed by atoms with Crippen molar-refractivity contribution >= 4 is 23.2 Å². The van der Waals surface area contributed by atoms with Gasteiger partial charge >= 0.3 is 0 Å². The van der Waals surface area contributed by atoms with Gasteiger partial charge in [0, 0.05) is 36.9 Å². The maximum Gasteiger partial charge on any atom is 0.269 e. The molecule has 27 heavy (non-hydrogen) atoms. The van der Waals surface area contributed by atoms with E-state index in [0.29, 0.717) is 17.9 Å². The first-order valence-corrected chi connectivity index (χ1v) is 8.43. The number of amides is 2. The summed E-state index contributed by atoms with van der Waals surface area (Å²) in [6.45, 7) is 0.387. The predicted molar refractivity (Wildman–Crippen MR) is 98.7 cm³/mol. The Balaban J connectivity index is 1.58. The standard InChI is InChI=1S/C19H19N3O5/c1-27-17-4-2-3-16(11-17)21-12-14(10-19(21)24)20-18(23)9-13-5-7-15(8-6-13)22(25)26/h2-8,11,14H,9-10,12H2,1H3,(H,20,23)/t14-/m1/s1. The van der Waals surface area contributed by atoms with Crippen LogP contribution in [0.2, 0.25) is 0 Å². The lowest BCUT2D eigenvalue weighted by molar-refractivity contribution is -0.384. The lowest BCUT2D eigenvalue weighted by atomic mass is 10.1. The minimum absolute atomic E-state index is 0.0190. The van der Waals surface area contributed by atoms with E-state index in [-0.39, 0.29) is 36.4 Å². The summed E-state index contributed by atoms with van der Waals surface area (Å²) in [4.78, 5) is 36.3. The van der Waals surface area contributed by atoms with E-state index in [1.54, 1.807) is 36.3 Å². The average molecular weight is 369 g/mol. The lowest BCUT2D eigenvalue weighted by Crippen LogP contribution is -2.38. The van der Waals surface area contributed by atoms with Gasteiger partial charge in [0.25, 0.3) is 5.69 Å². The number of carbonyl (C=O) groups excluding carboxylic acids is 2. The minimum atomic E-state index is -0.485. The molecule has 2 amide bonds. The highest BCUT2D eigenvalue weighted by Crippen LogP contribution is 2.25. The van der Waals surface area contributed by atoms with Crippen molar-refractivity contribution in [3.05, 3.63) is 64.2 Å². The molecule has 8 nitrogen and oxygen atoms in total. The first-order valence-electron chi connectivity index (χ1n) is 8.43. The molecular formula is C19H19N3O5. The zero-order valence-corrected chi connectivity index (χ0v) is 14.8. The molecule has 0 unspecified atom stereocenters. The fourth-order valence-electron chi connectivity index (χ4n) is 3.03. The number of benzene rings is 2. The van der Waals surface area contributed by atoms with Crippen LogP contribution in [-0.4, -0.2) is 36.4 Å². The molecule has 0 bridgehead atoms. The maximum absolute atomic E-state index is 12.3. The molecular weight excluding hydrogens is 350 g/mol. The largest absolute Gasteiger partial charge is 0.497 e. The first-order chi connectivity index (χ1) is 13.0. The van der Waals surface area contributed by atoms with Gasteiger partial charge in [-0.2, -0.15) is 0 Å². The number of nitro groups is 1. The smallest absolute Gasteiger partial charge is 0.269 e. The summed E-state index contributed by atoms with van der Waals surface area (Å²) in [6, 6.07) is 12.8. The fraction of sp³-hybridized carbons (Fsp3) is 0.263. The Hall–Kier alpha value is -3.42. The van der Waals surface area contributed by atoms with Gasteiger partial charge in [-0.1, -0.05) is 18.2 Å². The van der Waals surface area contributed by atoms with E-state index in [1.165, 1.54) is 12.1 Å². The van der Waals surface area contributed by atoms with Gasteiger partial charge in [-0.15, -0.1) is 0 Å². The van der Waals surface area contributed by atoms with Gasteiger partial charge in [0.05, 0.1) is 24.5 Å². The molecule has 1 aliphatic heterocycles. The summed E-state index contributed by atoms with van der Waals surface area (Å²) < 4.78 is 5.18. The lowest BCUT2D eigenvalue weighted by Gasteiger charge is -2.18. The van der Waals surface area contributed by atoms with Crippen LogP contribution < -0.4 is 15.0 Å². The summed E-state index contributed by atoms with van der Waals surface area (Å²) in [5.74, 6) is 0.365. The molecule has 0 aromatic heterocycles. The van der Waals surface area contributed by atoms with E-state index < -0.39 is 4.92 Å². The number of nitrogens with zero attached hydrogens (tertiary/aromatic N) is 2. The van der Waals surface area contributed by atoms with Crippen molar-refractivity contribution in [3.8, 4) is 5.75 Å². The van der Waals surface area contributed by atoms with E-state index in [1.807, 2.05) is 12.1 Å². The molecule has 0 spiro atoms. The zero-order chi connectivity index (χ0) is 19.4. The first kappa shape index (κ1) is 18.4. The van der Waals surface area contributed by atoms with Crippen LogP contribution in [0.1, 0.15) is 12.0 Å². The van der Waals surface area contributed by atoms with Gasteiger partial charge in [-0.25, -0.2) is 0 Å². The predicted octanol–water partition coefficient (Wildman–Crippen LogP) is 2.07. The Morgan fingerprint density at radius 2 is 2.04 bits per heavy atom. The van der Waals surface area contributed by atoms with Gasteiger partial charge in [0.2, 0.25) is 11.8 Å². The molecule has 1 heterocycles. The van der Waals surface area contributed by atoms with Gasteiger partial charge in [-0.3, -0.25) is 19.7 Å². The topological polar surface area (TPSA) is 102 Å². The Kier molecular flexibility index (Phi) is 5.35. The molecule has 8 heteroatoms. The van der Waals surface area contributed by atoms with Crippen LogP contribution in [-0.2, 0) is 16.0 Å². The zero-order valence-electron chi connectivity index (χ0n) is 14.8. The monoisotopic (exact) mass is 369 g/mol. The van der Waals surface area contributed by atoms with E-state index >= 15 is 0 Å². The Labute approximate surface area is 155 Å². The SMILES string of the molecule is COc1cccc(N2C[C@H](NC(=O)Cc3ccc([N+](=O)[O-])cc3)CC2=O)c1. The number of nitrogens with one attached hydrogen (secondary N) is 1. The highest BCUT2D eigenvalue weighted by molar-refractivity contribution is 5.97. The molecule has 1 fully saturated rings. The van der Waals surface area contributed by atoms with Crippen LogP contribution in [0.3, 0.4) is 0 Å². The van der Waals surface area contributed by atoms with E-state index in [2.05, 4.69) is 5.32 Å². The van der Waals surface area contributed by atoms with Gasteiger partial charge in [0.15, 0.2) is 0 Å². The number of methoxy groups -OCH3 is 1. The fourth-order valence-corrected chi connectivity index (χ4v) is 3.03. The summed E-state index contributed by atoms with van der Waals surface area (Å²) in [5.41, 5.74) is 1.38. The van der Waals surface area contributed by atoms with Gasteiger partial charge in [-0.05, 0) is 17.7 Å². The third-order valence-electron chi connectivity index (χ3n) is 4.37. The summed E-state index contributed by atoms with van der Waals surface area (Å²) in [5, 5.41) is 13.5. The van der Waals surface area contributed by atoms with Crippen molar-refractivity contribution in [1.29, 1.82) is 0 Å². The normalized spacial score (nSPS) is 16.3. The molecule has 1 atom stereocenters. The Morgan fingerprint density at radius 3 is 2.70 bits per heavy atom. The van der Waals surface area contributed by atoms with E-state index in [4.69, 9.17) is 4.74 Å². The van der Waals surface area contributed by atoms with Crippen LogP contribution in [0.25, 0.3) is 0 Å². The third-order valence-corrected chi connectivity index (χ3v) is 4.37. The second-order valence-corrected chi connectivity index (χ2v) is 6.27. The van der Waals surface area contributed by atoms with Crippen LogP contribution in [0.5, 0.6) is 5.75 Å². The molecule has 2 aromatic rings. The van der Waals surface area contributed by atoms with E-state index in [0.717, 1.165) is 5.69 Å². The second kappa shape index (κ2) is 7.86. The van der Waals surface area contributed by atoms with Crippen molar-refractivity contribution in [2.45, 2.75) is 18.9 Å². The molecule has 1 aliphatic rings. The van der Waals surface area contributed by atoms with Crippen molar-refractivity contribution < 1.29 is 19.2 Å². The number of anilines is 1. The third kappa shape index (κ3) is 4.41. The van der Waals surface area contributed by atoms with Crippen LogP contribution in [0, 0.1) is 10.1 Å². The van der Waals surface area contributed by atoms with Crippen molar-refractivity contribution in [2.75, 3.05) is 18.6 Å². The quantitative estimate of drug-likeness (QED) is 0.620. The molecule has 3 rings (SSSR count). The summed E-state index contributed by atoms with van der Waals surface area (Å²) >= 11 is 0. The molecule has 0 radical (unpaired) electrons. The van der Waals surface area contributed by atoms with Crippen LogP contribution in [0.4, 0.5) is 11.4 Å². The highest BCUT2D eigenvalue weighted by atomic mass is 16.6. The number of ether oxygens (including phenoxy) is 1. The molecule has 0 aliphatic carbocycles. The number of carbonyl (C=O) groups is 2. The number of non-ortho nitro benzene ring substituents is 1. The van der Waals surface area contributed by atoms with E-state index in [9.17, 15) is 19.7 Å².